The average Bonchev–Trinajstić information content (AvgIpc) is 2.38. The van der Waals surface area contributed by atoms with Crippen LogP contribution in [0.3, 0.4) is 0 Å². The van der Waals surface area contributed by atoms with Crippen LogP contribution >= 0.6 is 0 Å². The maximum Gasteiger partial charge on any atom is 0.417 e. The van der Waals surface area contributed by atoms with E-state index in [0.29, 0.717) is 23.6 Å². The molecule has 0 fully saturated rings. The molecule has 0 saturated carbocycles. The SMILES string of the molecule is CCOC(=O)c1cc2c3c(cccc3c1)NC(=O)O2. The Hall–Kier alpha value is -2.56. The molecule has 5 nitrogen and oxygen atoms in total. The fourth-order valence-corrected chi connectivity index (χ4v) is 2.14. The van der Waals surface area contributed by atoms with Gasteiger partial charge in [-0.25, -0.2) is 9.59 Å². The summed E-state index contributed by atoms with van der Waals surface area (Å²) in [6, 6.07) is 8.70. The van der Waals surface area contributed by atoms with E-state index in [1.54, 1.807) is 19.1 Å². The summed E-state index contributed by atoms with van der Waals surface area (Å²) < 4.78 is 10.1. The first-order chi connectivity index (χ1) is 9.19. The number of esters is 1. The smallest absolute Gasteiger partial charge is 0.417 e. The van der Waals surface area contributed by atoms with Gasteiger partial charge in [-0.3, -0.25) is 5.32 Å². The fraction of sp³-hybridized carbons (Fsp3) is 0.143. The average molecular weight is 257 g/mol. The van der Waals surface area contributed by atoms with Crippen LogP contribution in [0.15, 0.2) is 30.3 Å². The Morgan fingerprint density at radius 2 is 2.21 bits per heavy atom. The van der Waals surface area contributed by atoms with Crippen molar-refractivity contribution in [2.45, 2.75) is 6.92 Å². The molecule has 19 heavy (non-hydrogen) atoms. The van der Waals surface area contributed by atoms with Crippen LogP contribution in [0, 0.1) is 0 Å². The quantitative estimate of drug-likeness (QED) is 0.840. The van der Waals surface area contributed by atoms with Crippen LogP contribution in [0.1, 0.15) is 17.3 Å². The zero-order valence-electron chi connectivity index (χ0n) is 10.2. The third kappa shape index (κ3) is 1.89. The van der Waals surface area contributed by atoms with Crippen molar-refractivity contribution in [2.75, 3.05) is 11.9 Å². The van der Waals surface area contributed by atoms with Crippen molar-refractivity contribution in [2.24, 2.45) is 0 Å². The molecule has 1 aliphatic rings. The van der Waals surface area contributed by atoms with Crippen molar-refractivity contribution in [3.8, 4) is 5.75 Å². The topological polar surface area (TPSA) is 64.6 Å². The van der Waals surface area contributed by atoms with E-state index in [-0.39, 0.29) is 0 Å². The number of rotatable bonds is 2. The predicted octanol–water partition coefficient (Wildman–Crippen LogP) is 2.94. The Balaban J connectivity index is 2.21. The monoisotopic (exact) mass is 257 g/mol. The summed E-state index contributed by atoms with van der Waals surface area (Å²) in [6.45, 7) is 2.04. The highest BCUT2D eigenvalue weighted by molar-refractivity contribution is 6.10. The number of nitrogens with one attached hydrogen (secondary N) is 1. The van der Waals surface area contributed by atoms with Crippen molar-refractivity contribution >= 4 is 28.5 Å². The summed E-state index contributed by atoms with van der Waals surface area (Å²) in [7, 11) is 0. The van der Waals surface area contributed by atoms with Crippen LogP contribution in [0.5, 0.6) is 5.75 Å². The number of anilines is 1. The van der Waals surface area contributed by atoms with E-state index in [4.69, 9.17) is 9.47 Å². The van der Waals surface area contributed by atoms with Crippen LogP contribution in [-0.4, -0.2) is 18.7 Å². The maximum atomic E-state index is 11.8. The molecule has 0 radical (unpaired) electrons. The van der Waals surface area contributed by atoms with E-state index >= 15 is 0 Å². The van der Waals surface area contributed by atoms with E-state index in [0.717, 1.165) is 10.8 Å². The van der Waals surface area contributed by atoms with Gasteiger partial charge in [0.15, 0.2) is 0 Å². The van der Waals surface area contributed by atoms with Crippen LogP contribution in [0.2, 0.25) is 0 Å². The van der Waals surface area contributed by atoms with Crippen LogP contribution in [0.25, 0.3) is 10.8 Å². The number of carbonyl (C=O) groups excluding carboxylic acids is 2. The number of carbonyl (C=O) groups is 2. The van der Waals surface area contributed by atoms with Gasteiger partial charge in [-0.1, -0.05) is 12.1 Å². The molecule has 1 amide bonds. The molecule has 1 aliphatic heterocycles. The highest BCUT2D eigenvalue weighted by Gasteiger charge is 2.21. The van der Waals surface area contributed by atoms with Gasteiger partial charge in [0.1, 0.15) is 5.75 Å². The van der Waals surface area contributed by atoms with Gasteiger partial charge in [0.05, 0.1) is 17.9 Å². The van der Waals surface area contributed by atoms with Gasteiger partial charge in [-0.05, 0) is 30.5 Å². The number of hydrogen-bond donors (Lipinski definition) is 1. The van der Waals surface area contributed by atoms with Gasteiger partial charge in [0, 0.05) is 5.39 Å². The molecule has 5 heteroatoms. The number of amides is 1. The molecule has 1 heterocycles. The summed E-state index contributed by atoms with van der Waals surface area (Å²) in [6.07, 6.45) is -0.555. The molecule has 0 atom stereocenters. The number of benzene rings is 2. The first-order valence-corrected chi connectivity index (χ1v) is 5.92. The molecule has 0 bridgehead atoms. The van der Waals surface area contributed by atoms with Gasteiger partial charge in [-0.15, -0.1) is 0 Å². The minimum absolute atomic E-state index is 0.299. The van der Waals surface area contributed by atoms with Crippen molar-refractivity contribution in [1.82, 2.24) is 0 Å². The standard InChI is InChI=1S/C14H11NO4/c1-2-18-13(16)9-6-8-4-3-5-10-12(8)11(7-9)19-14(17)15-10/h3-7H,2H2,1H3,(H,15,17). The molecule has 2 aromatic rings. The van der Waals surface area contributed by atoms with Crippen LogP contribution < -0.4 is 10.1 Å². The highest BCUT2D eigenvalue weighted by atomic mass is 16.6. The lowest BCUT2D eigenvalue weighted by Gasteiger charge is -2.18. The Bertz CT molecular complexity index is 693. The minimum atomic E-state index is -0.555. The molecule has 2 aromatic carbocycles. The molecule has 0 spiro atoms. The first kappa shape index (κ1) is 11.5. The van der Waals surface area contributed by atoms with Crippen LogP contribution in [-0.2, 0) is 4.74 Å². The third-order valence-corrected chi connectivity index (χ3v) is 2.89. The van der Waals surface area contributed by atoms with Gasteiger partial charge < -0.3 is 9.47 Å². The van der Waals surface area contributed by atoms with Gasteiger partial charge in [-0.2, -0.15) is 0 Å². The summed E-state index contributed by atoms with van der Waals surface area (Å²) in [5, 5.41) is 4.23. The van der Waals surface area contributed by atoms with E-state index in [2.05, 4.69) is 5.32 Å². The van der Waals surface area contributed by atoms with E-state index in [1.165, 1.54) is 6.07 Å². The van der Waals surface area contributed by atoms with Crippen molar-refractivity contribution in [3.05, 3.63) is 35.9 Å². The van der Waals surface area contributed by atoms with Crippen molar-refractivity contribution in [1.29, 1.82) is 0 Å². The summed E-state index contributed by atoms with van der Waals surface area (Å²) >= 11 is 0. The van der Waals surface area contributed by atoms with E-state index in [1.807, 2.05) is 12.1 Å². The summed E-state index contributed by atoms with van der Waals surface area (Å²) in [4.78, 5) is 23.2. The maximum absolute atomic E-state index is 11.8. The Labute approximate surface area is 109 Å². The zero-order chi connectivity index (χ0) is 13.4. The summed E-state index contributed by atoms with van der Waals surface area (Å²) in [5.41, 5.74) is 1.05. The van der Waals surface area contributed by atoms with Gasteiger partial charge >= 0.3 is 12.1 Å². The number of hydrogen-bond acceptors (Lipinski definition) is 4. The largest absolute Gasteiger partial charge is 0.462 e. The molecular weight excluding hydrogens is 246 g/mol. The van der Waals surface area contributed by atoms with E-state index in [9.17, 15) is 9.59 Å². The van der Waals surface area contributed by atoms with Crippen molar-refractivity contribution in [3.63, 3.8) is 0 Å². The van der Waals surface area contributed by atoms with Crippen LogP contribution in [0.4, 0.5) is 10.5 Å². The molecule has 3 rings (SSSR count). The second kappa shape index (κ2) is 4.28. The van der Waals surface area contributed by atoms with Crippen molar-refractivity contribution < 1.29 is 19.1 Å². The van der Waals surface area contributed by atoms with Gasteiger partial charge in [0.2, 0.25) is 0 Å². The Kier molecular flexibility index (Phi) is 2.59. The predicted molar refractivity (Wildman–Crippen MR) is 69.6 cm³/mol. The lowest BCUT2D eigenvalue weighted by atomic mass is 10.0. The summed E-state index contributed by atoms with van der Waals surface area (Å²) in [5.74, 6) is -0.0551. The fourth-order valence-electron chi connectivity index (χ4n) is 2.14. The second-order valence-electron chi connectivity index (χ2n) is 4.11. The molecular formula is C14H11NO4. The zero-order valence-corrected chi connectivity index (χ0v) is 10.2. The lowest BCUT2D eigenvalue weighted by molar-refractivity contribution is 0.0526. The second-order valence-corrected chi connectivity index (χ2v) is 4.11. The number of ether oxygens (including phenoxy) is 2. The normalized spacial score (nSPS) is 12.8. The van der Waals surface area contributed by atoms with E-state index < -0.39 is 12.1 Å². The lowest BCUT2D eigenvalue weighted by Crippen LogP contribution is -2.21. The minimum Gasteiger partial charge on any atom is -0.462 e. The Morgan fingerprint density at radius 3 is 3.00 bits per heavy atom. The third-order valence-electron chi connectivity index (χ3n) is 2.89. The molecule has 0 unspecified atom stereocenters. The molecule has 0 aliphatic carbocycles. The highest BCUT2D eigenvalue weighted by Crippen LogP contribution is 2.36. The molecule has 0 saturated heterocycles. The van der Waals surface area contributed by atoms with Gasteiger partial charge in [0.25, 0.3) is 0 Å². The molecule has 1 N–H and O–H groups in total. The first-order valence-electron chi connectivity index (χ1n) is 5.92. The Morgan fingerprint density at radius 1 is 1.37 bits per heavy atom. The molecule has 0 aromatic heterocycles. The molecule has 96 valence electrons.